The van der Waals surface area contributed by atoms with Crippen LogP contribution in [0.25, 0.3) is 0 Å². The topological polar surface area (TPSA) is 50.8 Å². The van der Waals surface area contributed by atoms with Gasteiger partial charge in [0.2, 0.25) is 5.91 Å². The van der Waals surface area contributed by atoms with E-state index in [1.807, 2.05) is 49.4 Å². The molecule has 1 amide bonds. The lowest BCUT2D eigenvalue weighted by atomic mass is 10.0. The van der Waals surface area contributed by atoms with Crippen molar-refractivity contribution in [3.8, 4) is 11.5 Å². The molecule has 5 heteroatoms. The van der Waals surface area contributed by atoms with E-state index in [4.69, 9.17) is 9.47 Å². The highest BCUT2D eigenvalue weighted by atomic mass is 16.5. The number of carbonyl (C=O) groups is 1. The molecule has 0 bridgehead atoms. The first kappa shape index (κ1) is 22.8. The van der Waals surface area contributed by atoms with Crippen molar-refractivity contribution in [3.63, 3.8) is 0 Å². The molecule has 0 fully saturated rings. The summed E-state index contributed by atoms with van der Waals surface area (Å²) in [5, 5.41) is 3.13. The summed E-state index contributed by atoms with van der Waals surface area (Å²) in [7, 11) is 1.67. The van der Waals surface area contributed by atoms with Gasteiger partial charge >= 0.3 is 0 Å². The standard InChI is InChI=1S/C24H34N2O3/c1-5-26(6-2)22(20-12-10-13-21(17-20)28-4)18-25-24(27)16-15-19-11-8-9-14-23(19)29-7-3/h8-14,17,22H,5-7,15-16,18H2,1-4H3,(H,25,27). The van der Waals surface area contributed by atoms with Crippen molar-refractivity contribution in [2.24, 2.45) is 0 Å². The minimum atomic E-state index is 0.0522. The van der Waals surface area contributed by atoms with E-state index < -0.39 is 0 Å². The lowest BCUT2D eigenvalue weighted by Gasteiger charge is -2.30. The number of nitrogens with zero attached hydrogens (tertiary/aromatic N) is 1. The fourth-order valence-corrected chi connectivity index (χ4v) is 3.52. The van der Waals surface area contributed by atoms with Gasteiger partial charge in [0.15, 0.2) is 0 Å². The maximum atomic E-state index is 12.5. The molecule has 0 aliphatic heterocycles. The molecule has 0 aliphatic carbocycles. The van der Waals surface area contributed by atoms with Gasteiger partial charge in [-0.05, 0) is 55.8 Å². The van der Waals surface area contributed by atoms with Gasteiger partial charge in [-0.15, -0.1) is 0 Å². The van der Waals surface area contributed by atoms with Crippen molar-refractivity contribution in [3.05, 3.63) is 59.7 Å². The number of likely N-dealkylation sites (N-methyl/N-ethyl adjacent to an activating group) is 1. The lowest BCUT2D eigenvalue weighted by molar-refractivity contribution is -0.121. The molecule has 0 spiro atoms. The third-order valence-corrected chi connectivity index (χ3v) is 5.12. The Labute approximate surface area is 175 Å². The molecule has 0 aliphatic rings. The van der Waals surface area contributed by atoms with Crippen molar-refractivity contribution < 1.29 is 14.3 Å². The quantitative estimate of drug-likeness (QED) is 0.581. The van der Waals surface area contributed by atoms with Crippen LogP contribution < -0.4 is 14.8 Å². The van der Waals surface area contributed by atoms with Gasteiger partial charge in [-0.1, -0.05) is 44.2 Å². The molecular formula is C24H34N2O3. The monoisotopic (exact) mass is 398 g/mol. The molecule has 1 N–H and O–H groups in total. The highest BCUT2D eigenvalue weighted by molar-refractivity contribution is 5.76. The van der Waals surface area contributed by atoms with E-state index in [1.54, 1.807) is 7.11 Å². The molecule has 158 valence electrons. The summed E-state index contributed by atoms with van der Waals surface area (Å²) < 4.78 is 11.0. The SMILES string of the molecule is CCOc1ccccc1CCC(=O)NCC(c1cccc(OC)c1)N(CC)CC. The van der Waals surface area contributed by atoms with Crippen LogP contribution in [0.2, 0.25) is 0 Å². The molecule has 5 nitrogen and oxygen atoms in total. The van der Waals surface area contributed by atoms with Crippen molar-refractivity contribution in [1.29, 1.82) is 0 Å². The van der Waals surface area contributed by atoms with E-state index >= 15 is 0 Å². The third kappa shape index (κ3) is 6.79. The van der Waals surface area contributed by atoms with Crippen LogP contribution >= 0.6 is 0 Å². The van der Waals surface area contributed by atoms with Gasteiger partial charge in [0.05, 0.1) is 19.8 Å². The van der Waals surface area contributed by atoms with Crippen LogP contribution in [0.5, 0.6) is 11.5 Å². The van der Waals surface area contributed by atoms with Gasteiger partial charge in [0, 0.05) is 13.0 Å². The van der Waals surface area contributed by atoms with Crippen molar-refractivity contribution in [1.82, 2.24) is 10.2 Å². The van der Waals surface area contributed by atoms with E-state index in [9.17, 15) is 4.79 Å². The molecule has 0 saturated carbocycles. The Morgan fingerprint density at radius 1 is 1.07 bits per heavy atom. The predicted molar refractivity (Wildman–Crippen MR) is 118 cm³/mol. The molecule has 0 radical (unpaired) electrons. The number of benzene rings is 2. The predicted octanol–water partition coefficient (Wildman–Crippen LogP) is 4.23. The number of hydrogen-bond acceptors (Lipinski definition) is 4. The molecular weight excluding hydrogens is 364 g/mol. The second-order valence-corrected chi connectivity index (χ2v) is 6.86. The first-order valence-electron chi connectivity index (χ1n) is 10.5. The highest BCUT2D eigenvalue weighted by Gasteiger charge is 2.19. The molecule has 0 aromatic heterocycles. The highest BCUT2D eigenvalue weighted by Crippen LogP contribution is 2.24. The summed E-state index contributed by atoms with van der Waals surface area (Å²) in [4.78, 5) is 14.9. The van der Waals surface area contributed by atoms with Crippen molar-refractivity contribution >= 4 is 5.91 Å². The summed E-state index contributed by atoms with van der Waals surface area (Å²) in [5.74, 6) is 1.75. The zero-order valence-electron chi connectivity index (χ0n) is 18.1. The van der Waals surface area contributed by atoms with E-state index in [2.05, 4.69) is 30.1 Å². The molecule has 2 aromatic rings. The number of amides is 1. The second kappa shape index (κ2) is 12.1. The van der Waals surface area contributed by atoms with Crippen LogP contribution in [0.4, 0.5) is 0 Å². The first-order valence-corrected chi connectivity index (χ1v) is 10.5. The number of aryl methyl sites for hydroxylation is 1. The second-order valence-electron chi connectivity index (χ2n) is 6.86. The van der Waals surface area contributed by atoms with Crippen LogP contribution in [-0.2, 0) is 11.2 Å². The Kier molecular flexibility index (Phi) is 9.51. The van der Waals surface area contributed by atoms with Gasteiger partial charge in [-0.2, -0.15) is 0 Å². The first-order chi connectivity index (χ1) is 14.1. The van der Waals surface area contributed by atoms with Crippen LogP contribution in [0, 0.1) is 0 Å². The van der Waals surface area contributed by atoms with Crippen LogP contribution in [-0.4, -0.2) is 44.2 Å². The molecule has 29 heavy (non-hydrogen) atoms. The third-order valence-electron chi connectivity index (χ3n) is 5.12. The molecule has 2 aromatic carbocycles. The Hall–Kier alpha value is -2.53. The molecule has 0 saturated heterocycles. The number of rotatable bonds is 12. The van der Waals surface area contributed by atoms with Crippen LogP contribution in [0.1, 0.15) is 44.4 Å². The summed E-state index contributed by atoms with van der Waals surface area (Å²) in [6.07, 6.45) is 1.10. The Morgan fingerprint density at radius 3 is 2.52 bits per heavy atom. The number of para-hydroxylation sites is 1. The number of ether oxygens (including phenoxy) is 2. The Bertz CT molecular complexity index is 759. The molecule has 2 rings (SSSR count). The molecule has 1 atom stereocenters. The van der Waals surface area contributed by atoms with Gasteiger partial charge in [-0.25, -0.2) is 0 Å². The molecule has 1 unspecified atom stereocenters. The van der Waals surface area contributed by atoms with Gasteiger partial charge in [-0.3, -0.25) is 9.69 Å². The number of carbonyl (C=O) groups excluding carboxylic acids is 1. The minimum Gasteiger partial charge on any atom is -0.497 e. The average Bonchev–Trinajstić information content (AvgIpc) is 2.76. The summed E-state index contributed by atoms with van der Waals surface area (Å²) in [6, 6.07) is 16.1. The number of methoxy groups -OCH3 is 1. The maximum absolute atomic E-state index is 12.5. The zero-order chi connectivity index (χ0) is 21.1. The largest absolute Gasteiger partial charge is 0.497 e. The summed E-state index contributed by atoms with van der Waals surface area (Å²) >= 11 is 0. The van der Waals surface area contributed by atoms with E-state index in [-0.39, 0.29) is 11.9 Å². The van der Waals surface area contributed by atoms with Gasteiger partial charge in [0.1, 0.15) is 11.5 Å². The van der Waals surface area contributed by atoms with Crippen molar-refractivity contribution in [2.75, 3.05) is 33.4 Å². The van der Waals surface area contributed by atoms with Gasteiger partial charge < -0.3 is 14.8 Å². The van der Waals surface area contributed by atoms with Gasteiger partial charge in [0.25, 0.3) is 0 Å². The van der Waals surface area contributed by atoms with E-state index in [0.717, 1.165) is 35.7 Å². The summed E-state index contributed by atoms with van der Waals surface area (Å²) in [5.41, 5.74) is 2.22. The van der Waals surface area contributed by atoms with E-state index in [1.165, 1.54) is 0 Å². The lowest BCUT2D eigenvalue weighted by Crippen LogP contribution is -2.38. The Balaban J connectivity index is 2.00. The van der Waals surface area contributed by atoms with E-state index in [0.29, 0.717) is 26.0 Å². The number of hydrogen-bond donors (Lipinski definition) is 1. The van der Waals surface area contributed by atoms with Crippen molar-refractivity contribution in [2.45, 2.75) is 39.7 Å². The fraction of sp³-hybridized carbons (Fsp3) is 0.458. The average molecular weight is 399 g/mol. The smallest absolute Gasteiger partial charge is 0.220 e. The fourth-order valence-electron chi connectivity index (χ4n) is 3.52. The minimum absolute atomic E-state index is 0.0522. The van der Waals surface area contributed by atoms with Crippen LogP contribution in [0.15, 0.2) is 48.5 Å². The molecule has 0 heterocycles. The number of nitrogens with one attached hydrogen (secondary N) is 1. The Morgan fingerprint density at radius 2 is 1.83 bits per heavy atom. The zero-order valence-corrected chi connectivity index (χ0v) is 18.1. The maximum Gasteiger partial charge on any atom is 0.220 e. The normalized spacial score (nSPS) is 11.9. The van der Waals surface area contributed by atoms with Crippen LogP contribution in [0.3, 0.4) is 0 Å². The summed E-state index contributed by atoms with van der Waals surface area (Å²) in [6.45, 7) is 9.27.